The molecule has 0 spiro atoms. The summed E-state index contributed by atoms with van der Waals surface area (Å²) in [5.41, 5.74) is -0.157. The van der Waals surface area contributed by atoms with Gasteiger partial charge in [0.2, 0.25) is 12.0 Å². The number of aromatic nitrogens is 2. The number of hydrogen-bond donors (Lipinski definition) is 1. The molecular weight excluding hydrogens is 479 g/mol. The molecule has 11 heteroatoms. The van der Waals surface area contributed by atoms with Crippen LogP contribution >= 0.6 is 11.6 Å². The van der Waals surface area contributed by atoms with Gasteiger partial charge in [0.05, 0.1) is 15.5 Å². The van der Waals surface area contributed by atoms with Gasteiger partial charge in [0.1, 0.15) is 5.69 Å². The first-order valence-corrected chi connectivity index (χ1v) is 11.6. The molecule has 6 nitrogen and oxygen atoms in total. The van der Waals surface area contributed by atoms with Crippen LogP contribution in [0.3, 0.4) is 0 Å². The monoisotopic (exact) mass is 495 g/mol. The summed E-state index contributed by atoms with van der Waals surface area (Å²) in [5, 5.41) is 0.546. The van der Waals surface area contributed by atoms with Crippen LogP contribution in [0.4, 0.5) is 18.9 Å². The van der Waals surface area contributed by atoms with Gasteiger partial charge in [-0.25, -0.2) is 13.4 Å². The number of halogens is 4. The average Bonchev–Trinajstić information content (AvgIpc) is 2.77. The van der Waals surface area contributed by atoms with E-state index in [4.69, 9.17) is 16.3 Å². The zero-order valence-electron chi connectivity index (χ0n) is 16.9. The lowest BCUT2D eigenvalue weighted by molar-refractivity contribution is -0.198. The molecule has 1 atom stereocenters. The number of rotatable bonds is 6. The van der Waals surface area contributed by atoms with Gasteiger partial charge in [0.25, 0.3) is 10.0 Å². The molecule has 1 aliphatic rings. The summed E-state index contributed by atoms with van der Waals surface area (Å²) in [5.74, 6) is -0.522. The predicted molar refractivity (Wildman–Crippen MR) is 119 cm³/mol. The molecule has 0 amide bonds. The molecule has 0 bridgehead atoms. The van der Waals surface area contributed by atoms with Crippen molar-refractivity contribution in [1.82, 2.24) is 9.97 Å². The van der Waals surface area contributed by atoms with Crippen LogP contribution in [0.2, 0.25) is 0 Å². The van der Waals surface area contributed by atoms with Crippen molar-refractivity contribution in [3.63, 3.8) is 0 Å². The van der Waals surface area contributed by atoms with Gasteiger partial charge < -0.3 is 4.74 Å². The molecule has 172 valence electrons. The number of alkyl halides is 3. The second-order valence-corrected chi connectivity index (χ2v) is 9.29. The van der Waals surface area contributed by atoms with Crippen LogP contribution in [-0.2, 0) is 10.0 Å². The maximum absolute atomic E-state index is 13.9. The Hall–Kier alpha value is -3.11. The maximum Gasteiger partial charge on any atom is 0.429 e. The second-order valence-electron chi connectivity index (χ2n) is 7.18. The van der Waals surface area contributed by atoms with Gasteiger partial charge in [-0.2, -0.15) is 13.2 Å². The normalized spacial score (nSPS) is 15.5. The third kappa shape index (κ3) is 5.12. The molecule has 3 aromatic rings. The smallest absolute Gasteiger partial charge is 0.429 e. The van der Waals surface area contributed by atoms with E-state index in [-0.39, 0.29) is 27.6 Å². The molecule has 2 aromatic heterocycles. The third-order valence-corrected chi connectivity index (χ3v) is 6.87. The summed E-state index contributed by atoms with van der Waals surface area (Å²) in [7, 11) is -4.18. The molecule has 1 N–H and O–H groups in total. The van der Waals surface area contributed by atoms with E-state index in [1.807, 2.05) is 0 Å². The molecule has 4 rings (SSSR count). The van der Waals surface area contributed by atoms with Crippen LogP contribution in [0.5, 0.6) is 5.88 Å². The number of pyridine rings is 2. The number of anilines is 1. The second kappa shape index (κ2) is 9.03. The van der Waals surface area contributed by atoms with Gasteiger partial charge in [0, 0.05) is 23.3 Å². The lowest BCUT2D eigenvalue weighted by Gasteiger charge is -2.23. The Morgan fingerprint density at radius 2 is 1.94 bits per heavy atom. The molecule has 1 unspecified atom stereocenters. The van der Waals surface area contributed by atoms with Crippen molar-refractivity contribution in [3.05, 3.63) is 82.5 Å². The summed E-state index contributed by atoms with van der Waals surface area (Å²) in [6.45, 7) is 0. The molecule has 33 heavy (non-hydrogen) atoms. The van der Waals surface area contributed by atoms with Crippen molar-refractivity contribution in [1.29, 1.82) is 0 Å². The highest BCUT2D eigenvalue weighted by Crippen LogP contribution is 2.40. The summed E-state index contributed by atoms with van der Waals surface area (Å²) in [6, 6.07) is 10.5. The van der Waals surface area contributed by atoms with Crippen molar-refractivity contribution < 1.29 is 26.3 Å². The van der Waals surface area contributed by atoms with Crippen molar-refractivity contribution in [2.24, 2.45) is 0 Å². The number of para-hydroxylation sites is 1. The number of benzene rings is 1. The van der Waals surface area contributed by atoms with Gasteiger partial charge >= 0.3 is 6.18 Å². The molecule has 1 aliphatic carbocycles. The standard InChI is InChI=1S/C22H17ClF3N3O3S/c23-16-8-2-4-10-19(16)33(30,31)29-18-12-14-6-1-3-9-17(14)28-21(18)32-20(22(24,25)26)15-7-5-11-27-13-15/h1-3,5-9,11-13,20,29H,4,10H2. The van der Waals surface area contributed by atoms with Gasteiger partial charge in [-0.1, -0.05) is 41.9 Å². The highest BCUT2D eigenvalue weighted by molar-refractivity contribution is 7.96. The van der Waals surface area contributed by atoms with Crippen LogP contribution < -0.4 is 9.46 Å². The van der Waals surface area contributed by atoms with Gasteiger partial charge in [-0.05, 0) is 37.1 Å². The van der Waals surface area contributed by atoms with Crippen LogP contribution in [0.15, 0.2) is 76.9 Å². The maximum atomic E-state index is 13.9. The predicted octanol–water partition coefficient (Wildman–Crippen LogP) is 5.85. The van der Waals surface area contributed by atoms with Crippen molar-refractivity contribution >= 4 is 38.2 Å². The minimum absolute atomic E-state index is 0.0356. The van der Waals surface area contributed by atoms with Crippen LogP contribution in [-0.4, -0.2) is 24.6 Å². The number of ether oxygens (including phenoxy) is 1. The average molecular weight is 496 g/mol. The number of hydrogen-bond acceptors (Lipinski definition) is 5. The minimum atomic E-state index is -4.81. The topological polar surface area (TPSA) is 81.2 Å². The highest BCUT2D eigenvalue weighted by Gasteiger charge is 2.44. The van der Waals surface area contributed by atoms with Crippen molar-refractivity contribution in [2.45, 2.75) is 25.1 Å². The van der Waals surface area contributed by atoms with Crippen LogP contribution in [0.1, 0.15) is 24.5 Å². The van der Waals surface area contributed by atoms with E-state index in [2.05, 4.69) is 14.7 Å². The Morgan fingerprint density at radius 1 is 1.15 bits per heavy atom. The summed E-state index contributed by atoms with van der Waals surface area (Å²) >= 11 is 6.06. The Bertz CT molecular complexity index is 1340. The third-order valence-electron chi connectivity index (χ3n) is 4.84. The lowest BCUT2D eigenvalue weighted by atomic mass is 10.1. The summed E-state index contributed by atoms with van der Waals surface area (Å²) in [6.07, 6.45) is -1.04. The number of nitrogens with zero attached hydrogens (tertiary/aromatic N) is 2. The Morgan fingerprint density at radius 3 is 2.64 bits per heavy atom. The van der Waals surface area contributed by atoms with E-state index in [1.165, 1.54) is 30.5 Å². The number of fused-ring (bicyclic) bond motifs is 1. The molecule has 0 radical (unpaired) electrons. The molecule has 2 heterocycles. The van der Waals surface area contributed by atoms with Crippen LogP contribution in [0.25, 0.3) is 10.9 Å². The Balaban J connectivity index is 1.80. The van der Waals surface area contributed by atoms with Gasteiger partial charge in [-0.15, -0.1) is 0 Å². The molecule has 0 aliphatic heterocycles. The highest BCUT2D eigenvalue weighted by atomic mass is 35.5. The van der Waals surface area contributed by atoms with E-state index in [0.717, 1.165) is 6.20 Å². The zero-order valence-corrected chi connectivity index (χ0v) is 18.5. The van der Waals surface area contributed by atoms with E-state index in [0.29, 0.717) is 17.3 Å². The summed E-state index contributed by atoms with van der Waals surface area (Å²) < 4.78 is 75.2. The minimum Gasteiger partial charge on any atom is -0.458 e. The Kier molecular flexibility index (Phi) is 6.31. The number of nitrogens with one attached hydrogen (secondary N) is 1. The Labute approximate surface area is 192 Å². The molecule has 0 saturated carbocycles. The molecular formula is C22H17ClF3N3O3S. The van der Waals surface area contributed by atoms with Crippen molar-refractivity contribution in [2.75, 3.05) is 4.72 Å². The van der Waals surface area contributed by atoms with Gasteiger partial charge in [0.15, 0.2) is 0 Å². The van der Waals surface area contributed by atoms with E-state index in [1.54, 1.807) is 30.3 Å². The fourth-order valence-corrected chi connectivity index (χ4v) is 5.07. The number of sulfonamides is 1. The van der Waals surface area contributed by atoms with Gasteiger partial charge in [-0.3, -0.25) is 9.71 Å². The molecule has 1 aromatic carbocycles. The first-order chi connectivity index (χ1) is 15.6. The number of allylic oxidation sites excluding steroid dienone is 4. The largest absolute Gasteiger partial charge is 0.458 e. The SMILES string of the molecule is O=S(=O)(Nc1cc2ccccc2nc1OC(c1cccnc1)C(F)(F)F)C1=C(Cl)C=CCC1. The van der Waals surface area contributed by atoms with E-state index >= 15 is 0 Å². The van der Waals surface area contributed by atoms with E-state index in [9.17, 15) is 21.6 Å². The zero-order chi connectivity index (χ0) is 23.6. The fourth-order valence-electron chi connectivity index (χ4n) is 3.31. The van der Waals surface area contributed by atoms with E-state index < -0.39 is 28.2 Å². The summed E-state index contributed by atoms with van der Waals surface area (Å²) in [4.78, 5) is 7.83. The lowest BCUT2D eigenvalue weighted by Crippen LogP contribution is -2.27. The molecule has 0 fully saturated rings. The first-order valence-electron chi connectivity index (χ1n) is 9.76. The first kappa shape index (κ1) is 23.1. The molecule has 0 saturated heterocycles. The fraction of sp³-hybridized carbons (Fsp3) is 0.182. The quantitative estimate of drug-likeness (QED) is 0.463. The van der Waals surface area contributed by atoms with Crippen LogP contribution in [0, 0.1) is 0 Å². The van der Waals surface area contributed by atoms with Crippen molar-refractivity contribution in [3.8, 4) is 5.88 Å².